The van der Waals surface area contributed by atoms with Crippen LogP contribution in [0.5, 0.6) is 17.2 Å². The van der Waals surface area contributed by atoms with Gasteiger partial charge in [0.2, 0.25) is 0 Å². The molecule has 0 radical (unpaired) electrons. The number of nitrogens with zero attached hydrogens (tertiary/aromatic N) is 1. The van der Waals surface area contributed by atoms with Crippen LogP contribution < -0.4 is 14.2 Å². The number of hydrogen-bond donors (Lipinski definition) is 0. The average molecular weight is 365 g/mol. The maximum absolute atomic E-state index is 13.3. The third-order valence-electron chi connectivity index (χ3n) is 3.91. The Morgan fingerprint density at radius 1 is 0.889 bits per heavy atom. The molecule has 0 heterocycles. The highest BCUT2D eigenvalue weighted by molar-refractivity contribution is 5.83. The molecule has 3 aromatic rings. The van der Waals surface area contributed by atoms with Crippen molar-refractivity contribution in [3.8, 4) is 17.2 Å². The molecule has 0 aliphatic rings. The molecule has 3 rings (SSSR count). The number of benzene rings is 3. The van der Waals surface area contributed by atoms with Crippen molar-refractivity contribution in [3.63, 3.8) is 0 Å². The second-order valence-electron chi connectivity index (χ2n) is 5.79. The summed E-state index contributed by atoms with van der Waals surface area (Å²) in [5, 5.41) is 0. The van der Waals surface area contributed by atoms with Crippen molar-refractivity contribution in [1.29, 1.82) is 0 Å². The topological polar surface area (TPSA) is 40.0 Å². The van der Waals surface area contributed by atoms with Gasteiger partial charge in [-0.25, -0.2) is 4.39 Å². The minimum Gasteiger partial charge on any atom is -0.497 e. The number of rotatable bonds is 7. The molecule has 0 fully saturated rings. The van der Waals surface area contributed by atoms with Crippen molar-refractivity contribution >= 4 is 11.9 Å². The van der Waals surface area contributed by atoms with Gasteiger partial charge in [0.05, 0.1) is 19.9 Å². The second-order valence-corrected chi connectivity index (χ2v) is 5.79. The fraction of sp³-hybridized carbons (Fsp3) is 0.136. The summed E-state index contributed by atoms with van der Waals surface area (Å²) in [6.07, 6.45) is 1.75. The Morgan fingerprint density at radius 2 is 1.70 bits per heavy atom. The zero-order valence-electron chi connectivity index (χ0n) is 15.2. The molecule has 5 heteroatoms. The van der Waals surface area contributed by atoms with Crippen LogP contribution in [0.3, 0.4) is 0 Å². The molecule has 0 N–H and O–H groups in total. The van der Waals surface area contributed by atoms with E-state index in [1.54, 1.807) is 26.5 Å². The monoisotopic (exact) mass is 365 g/mol. The van der Waals surface area contributed by atoms with E-state index in [-0.39, 0.29) is 12.4 Å². The molecule has 4 nitrogen and oxygen atoms in total. The Bertz CT molecular complexity index is 923. The van der Waals surface area contributed by atoms with Crippen LogP contribution in [0.1, 0.15) is 11.1 Å². The molecule has 138 valence electrons. The van der Waals surface area contributed by atoms with Gasteiger partial charge in [-0.05, 0) is 65.7 Å². The van der Waals surface area contributed by atoms with Crippen molar-refractivity contribution in [1.82, 2.24) is 0 Å². The van der Waals surface area contributed by atoms with Crippen LogP contribution in [0.15, 0.2) is 71.7 Å². The lowest BCUT2D eigenvalue weighted by Gasteiger charge is -2.11. The Labute approximate surface area is 157 Å². The van der Waals surface area contributed by atoms with Gasteiger partial charge in [-0.3, -0.25) is 4.99 Å². The van der Waals surface area contributed by atoms with Crippen molar-refractivity contribution in [2.45, 2.75) is 6.61 Å². The summed E-state index contributed by atoms with van der Waals surface area (Å²) in [4.78, 5) is 4.44. The van der Waals surface area contributed by atoms with Crippen LogP contribution in [0.25, 0.3) is 0 Å². The van der Waals surface area contributed by atoms with Gasteiger partial charge in [-0.1, -0.05) is 12.1 Å². The van der Waals surface area contributed by atoms with E-state index in [9.17, 15) is 4.39 Å². The predicted octanol–water partition coefficient (Wildman–Crippen LogP) is 5.17. The largest absolute Gasteiger partial charge is 0.497 e. The molecule has 0 spiro atoms. The molecule has 0 unspecified atom stereocenters. The quantitative estimate of drug-likeness (QED) is 0.542. The van der Waals surface area contributed by atoms with E-state index in [0.29, 0.717) is 11.5 Å². The number of aliphatic imine (C=N–C) groups is 1. The number of ether oxygens (including phenoxy) is 3. The molecule has 0 saturated heterocycles. The maximum Gasteiger partial charge on any atom is 0.161 e. The molecule has 0 aromatic heterocycles. The van der Waals surface area contributed by atoms with Crippen molar-refractivity contribution < 1.29 is 18.6 Å². The van der Waals surface area contributed by atoms with Crippen LogP contribution in [-0.2, 0) is 6.61 Å². The van der Waals surface area contributed by atoms with E-state index in [4.69, 9.17) is 14.2 Å². The number of methoxy groups -OCH3 is 2. The second kappa shape index (κ2) is 8.85. The van der Waals surface area contributed by atoms with E-state index >= 15 is 0 Å². The fourth-order valence-electron chi connectivity index (χ4n) is 2.49. The predicted molar refractivity (Wildman–Crippen MR) is 104 cm³/mol. The SMILES string of the molecule is COc1ccc(N=Cc2ccc(OCc3cccc(F)c3)c(OC)c2)cc1. The van der Waals surface area contributed by atoms with Gasteiger partial charge in [0, 0.05) is 6.21 Å². The molecular formula is C22H20FNO3. The van der Waals surface area contributed by atoms with E-state index in [1.165, 1.54) is 12.1 Å². The average Bonchev–Trinajstić information content (AvgIpc) is 2.71. The van der Waals surface area contributed by atoms with Gasteiger partial charge in [0.15, 0.2) is 11.5 Å². The van der Waals surface area contributed by atoms with E-state index in [0.717, 1.165) is 22.6 Å². The first-order valence-electron chi connectivity index (χ1n) is 8.41. The third kappa shape index (κ3) is 5.07. The molecule has 27 heavy (non-hydrogen) atoms. The van der Waals surface area contributed by atoms with Crippen LogP contribution >= 0.6 is 0 Å². The smallest absolute Gasteiger partial charge is 0.161 e. The van der Waals surface area contributed by atoms with Gasteiger partial charge < -0.3 is 14.2 Å². The number of hydrogen-bond acceptors (Lipinski definition) is 4. The van der Waals surface area contributed by atoms with Crippen LogP contribution in [0.2, 0.25) is 0 Å². The molecular weight excluding hydrogens is 345 g/mol. The fourth-order valence-corrected chi connectivity index (χ4v) is 2.49. The Hall–Kier alpha value is -3.34. The molecule has 0 atom stereocenters. The first-order chi connectivity index (χ1) is 13.2. The molecule has 0 aliphatic heterocycles. The highest BCUT2D eigenvalue weighted by Crippen LogP contribution is 2.28. The number of halogens is 1. The zero-order chi connectivity index (χ0) is 19.1. The maximum atomic E-state index is 13.3. The highest BCUT2D eigenvalue weighted by Gasteiger charge is 2.06. The van der Waals surface area contributed by atoms with Crippen molar-refractivity contribution in [3.05, 3.63) is 83.7 Å². The summed E-state index contributed by atoms with van der Waals surface area (Å²) in [6.45, 7) is 0.257. The van der Waals surface area contributed by atoms with Crippen LogP contribution in [-0.4, -0.2) is 20.4 Å². The lowest BCUT2D eigenvalue weighted by Crippen LogP contribution is -1.98. The van der Waals surface area contributed by atoms with Crippen LogP contribution in [0, 0.1) is 5.82 Å². The summed E-state index contributed by atoms with van der Waals surface area (Å²) >= 11 is 0. The van der Waals surface area contributed by atoms with Crippen molar-refractivity contribution in [2.24, 2.45) is 4.99 Å². The first-order valence-corrected chi connectivity index (χ1v) is 8.41. The Kier molecular flexibility index (Phi) is 6.05. The normalized spacial score (nSPS) is 10.8. The summed E-state index contributed by atoms with van der Waals surface area (Å²) in [5.41, 5.74) is 2.45. The molecule has 0 aliphatic carbocycles. The van der Waals surface area contributed by atoms with E-state index in [2.05, 4.69) is 4.99 Å². The van der Waals surface area contributed by atoms with Crippen molar-refractivity contribution in [2.75, 3.05) is 14.2 Å². The minimum absolute atomic E-state index is 0.257. The molecule has 0 bridgehead atoms. The molecule has 0 saturated carbocycles. The summed E-state index contributed by atoms with van der Waals surface area (Å²) in [7, 11) is 3.21. The Balaban J connectivity index is 1.70. The lowest BCUT2D eigenvalue weighted by molar-refractivity contribution is 0.284. The van der Waals surface area contributed by atoms with E-state index in [1.807, 2.05) is 48.5 Å². The van der Waals surface area contributed by atoms with Crippen LogP contribution in [0.4, 0.5) is 10.1 Å². The molecule has 3 aromatic carbocycles. The Morgan fingerprint density at radius 3 is 2.41 bits per heavy atom. The highest BCUT2D eigenvalue weighted by atomic mass is 19.1. The summed E-state index contributed by atoms with van der Waals surface area (Å²) in [5.74, 6) is 1.68. The van der Waals surface area contributed by atoms with Gasteiger partial charge in [0.25, 0.3) is 0 Å². The van der Waals surface area contributed by atoms with Gasteiger partial charge >= 0.3 is 0 Å². The molecule has 0 amide bonds. The third-order valence-corrected chi connectivity index (χ3v) is 3.91. The summed E-state index contributed by atoms with van der Waals surface area (Å²) in [6, 6.07) is 19.3. The minimum atomic E-state index is -0.284. The first kappa shape index (κ1) is 18.5. The van der Waals surface area contributed by atoms with Gasteiger partial charge in [-0.15, -0.1) is 0 Å². The summed E-state index contributed by atoms with van der Waals surface area (Å²) < 4.78 is 29.6. The zero-order valence-corrected chi connectivity index (χ0v) is 15.2. The van der Waals surface area contributed by atoms with Gasteiger partial charge in [-0.2, -0.15) is 0 Å². The van der Waals surface area contributed by atoms with E-state index < -0.39 is 0 Å². The lowest BCUT2D eigenvalue weighted by atomic mass is 10.2. The van der Waals surface area contributed by atoms with Gasteiger partial charge in [0.1, 0.15) is 18.2 Å². The standard InChI is InChI=1S/C22H20FNO3/c1-25-20-9-7-19(8-10-20)24-14-16-6-11-21(22(13-16)26-2)27-15-17-4-3-5-18(23)12-17/h3-14H,15H2,1-2H3.